The molecule has 0 spiro atoms. The quantitative estimate of drug-likeness (QED) is 0.777. The van der Waals surface area contributed by atoms with E-state index in [2.05, 4.69) is 6.92 Å². The highest BCUT2D eigenvalue weighted by molar-refractivity contribution is 5.83. The van der Waals surface area contributed by atoms with Gasteiger partial charge in [-0.25, -0.2) is 0 Å². The summed E-state index contributed by atoms with van der Waals surface area (Å²) in [6.45, 7) is 3.40. The van der Waals surface area contributed by atoms with Gasteiger partial charge in [-0.15, -0.1) is 0 Å². The minimum atomic E-state index is -0.357. The summed E-state index contributed by atoms with van der Waals surface area (Å²) in [4.78, 5) is 24.3. The Morgan fingerprint density at radius 1 is 1.04 bits per heavy atom. The summed E-state index contributed by atoms with van der Waals surface area (Å²) in [5, 5.41) is 9.46. The van der Waals surface area contributed by atoms with E-state index in [9.17, 15) is 14.7 Å². The Kier molecular flexibility index (Phi) is 4.92. The summed E-state index contributed by atoms with van der Waals surface area (Å²) in [5.41, 5.74) is -0.122. The van der Waals surface area contributed by atoms with Gasteiger partial charge in [-0.05, 0) is 67.6 Å². The molecule has 4 fully saturated rings. The van der Waals surface area contributed by atoms with Gasteiger partial charge in [0.15, 0.2) is 5.78 Å². The summed E-state index contributed by atoms with van der Waals surface area (Å²) in [7, 11) is 0. The summed E-state index contributed by atoms with van der Waals surface area (Å²) < 4.78 is 5.93. The Bertz CT molecular complexity index is 572. The van der Waals surface area contributed by atoms with Crippen molar-refractivity contribution in [3.63, 3.8) is 0 Å². The van der Waals surface area contributed by atoms with Crippen molar-refractivity contribution in [2.45, 2.75) is 77.7 Å². The van der Waals surface area contributed by atoms with E-state index in [1.807, 2.05) is 0 Å². The fourth-order valence-corrected chi connectivity index (χ4v) is 7.84. The van der Waals surface area contributed by atoms with Crippen LogP contribution in [0.15, 0.2) is 0 Å². The molecule has 0 heterocycles. The number of carbonyl (C=O) groups excluding carboxylic acids is 2. The topological polar surface area (TPSA) is 63.6 Å². The predicted molar refractivity (Wildman–Crippen MR) is 98.2 cm³/mol. The number of aliphatic hydroxyl groups is 1. The minimum Gasteiger partial charge on any atom is -0.462 e. The normalized spacial score (nSPS) is 47.4. The van der Waals surface area contributed by atoms with Crippen LogP contribution in [0, 0.1) is 40.9 Å². The summed E-state index contributed by atoms with van der Waals surface area (Å²) >= 11 is 0. The third kappa shape index (κ3) is 2.83. The number of Topliss-reactive ketones (excluding diaryl/α,β-unsaturated/α-hetero) is 1. The smallest absolute Gasteiger partial charge is 0.302 e. The van der Waals surface area contributed by atoms with Crippen molar-refractivity contribution in [3.05, 3.63) is 0 Å². The fraction of sp³-hybridized carbons (Fsp3) is 0.909. The lowest BCUT2D eigenvalue weighted by Crippen LogP contribution is -2.56. The van der Waals surface area contributed by atoms with E-state index in [0.717, 1.165) is 25.2 Å². The first-order valence-electron chi connectivity index (χ1n) is 10.8. The molecule has 8 unspecified atom stereocenters. The van der Waals surface area contributed by atoms with Crippen LogP contribution in [0.5, 0.6) is 0 Å². The largest absolute Gasteiger partial charge is 0.462 e. The van der Waals surface area contributed by atoms with Gasteiger partial charge in [-0.2, -0.15) is 0 Å². The molecule has 8 atom stereocenters. The molecule has 0 aromatic rings. The number of rotatable bonds is 3. The maximum Gasteiger partial charge on any atom is 0.302 e. The van der Waals surface area contributed by atoms with E-state index >= 15 is 0 Å². The van der Waals surface area contributed by atoms with E-state index in [1.165, 1.54) is 45.4 Å². The van der Waals surface area contributed by atoms with Crippen LogP contribution in [0.2, 0.25) is 0 Å². The number of fused-ring (bicyclic) bond motifs is 5. The average molecular weight is 363 g/mol. The molecule has 4 aliphatic rings. The number of esters is 1. The van der Waals surface area contributed by atoms with Crippen LogP contribution in [0.3, 0.4) is 0 Å². The van der Waals surface area contributed by atoms with Gasteiger partial charge in [0.25, 0.3) is 0 Å². The zero-order valence-corrected chi connectivity index (χ0v) is 16.3. The zero-order chi connectivity index (χ0) is 18.5. The van der Waals surface area contributed by atoms with Gasteiger partial charge < -0.3 is 9.84 Å². The number of aliphatic hydroxyl groups excluding tert-OH is 1. The molecule has 0 aromatic carbocycles. The first-order chi connectivity index (χ1) is 12.5. The van der Waals surface area contributed by atoms with E-state index in [4.69, 9.17) is 4.74 Å². The maximum absolute atomic E-state index is 12.4. The molecule has 26 heavy (non-hydrogen) atoms. The summed E-state index contributed by atoms with van der Waals surface area (Å²) in [6.07, 6.45) is 10.6. The summed E-state index contributed by atoms with van der Waals surface area (Å²) in [5.74, 6) is 2.85. The van der Waals surface area contributed by atoms with Gasteiger partial charge in [-0.1, -0.05) is 26.2 Å². The maximum atomic E-state index is 12.4. The third-order valence-electron chi connectivity index (χ3n) is 8.69. The first-order valence-corrected chi connectivity index (χ1v) is 10.8. The Hall–Kier alpha value is -0.900. The Balaban J connectivity index is 1.67. The van der Waals surface area contributed by atoms with Crippen molar-refractivity contribution in [1.82, 2.24) is 0 Å². The lowest BCUT2D eigenvalue weighted by Gasteiger charge is -2.57. The lowest BCUT2D eigenvalue weighted by molar-refractivity contribution is -0.176. The number of hydrogen-bond donors (Lipinski definition) is 1. The van der Waals surface area contributed by atoms with Gasteiger partial charge >= 0.3 is 5.97 Å². The monoisotopic (exact) mass is 362 g/mol. The average Bonchev–Trinajstić information content (AvgIpc) is 2.97. The first kappa shape index (κ1) is 18.5. The molecule has 4 heteroatoms. The molecular formula is C22H34O4. The lowest BCUT2D eigenvalue weighted by atomic mass is 9.48. The van der Waals surface area contributed by atoms with E-state index in [0.29, 0.717) is 23.7 Å². The van der Waals surface area contributed by atoms with Crippen LogP contribution in [0.1, 0.15) is 71.6 Å². The molecule has 0 radical (unpaired) electrons. The molecule has 4 rings (SSSR count). The van der Waals surface area contributed by atoms with Crippen molar-refractivity contribution in [2.75, 3.05) is 6.61 Å². The highest BCUT2D eigenvalue weighted by atomic mass is 16.5. The molecule has 0 aliphatic heterocycles. The van der Waals surface area contributed by atoms with Crippen LogP contribution < -0.4 is 0 Å². The van der Waals surface area contributed by atoms with E-state index < -0.39 is 0 Å². The SMILES string of the molecule is CC(=O)OC1CC2(C)C(C(=O)CO)CCC2C2CCC3CCCCC3C12. The van der Waals surface area contributed by atoms with Gasteiger partial charge in [-0.3, -0.25) is 9.59 Å². The van der Waals surface area contributed by atoms with Crippen molar-refractivity contribution < 1.29 is 19.4 Å². The van der Waals surface area contributed by atoms with Gasteiger partial charge in [0.2, 0.25) is 0 Å². The number of ether oxygens (including phenoxy) is 1. The summed E-state index contributed by atoms with van der Waals surface area (Å²) in [6, 6.07) is 0. The number of carbonyl (C=O) groups is 2. The molecule has 0 saturated heterocycles. The molecule has 0 bridgehead atoms. The van der Waals surface area contributed by atoms with Crippen molar-refractivity contribution >= 4 is 11.8 Å². The molecule has 4 nitrogen and oxygen atoms in total. The Morgan fingerprint density at radius 3 is 2.54 bits per heavy atom. The van der Waals surface area contributed by atoms with Crippen LogP contribution in [0.25, 0.3) is 0 Å². The second-order valence-corrected chi connectivity index (χ2v) is 9.75. The molecule has 4 aliphatic carbocycles. The van der Waals surface area contributed by atoms with Crippen molar-refractivity contribution in [2.24, 2.45) is 40.9 Å². The predicted octanol–water partition coefficient (Wildman–Crippen LogP) is 3.75. The molecule has 0 amide bonds. The fourth-order valence-electron chi connectivity index (χ4n) is 7.84. The van der Waals surface area contributed by atoms with E-state index in [-0.39, 0.29) is 35.8 Å². The van der Waals surface area contributed by atoms with E-state index in [1.54, 1.807) is 0 Å². The van der Waals surface area contributed by atoms with Crippen molar-refractivity contribution in [3.8, 4) is 0 Å². The molecular weight excluding hydrogens is 328 g/mol. The second kappa shape index (κ2) is 6.92. The van der Waals surface area contributed by atoms with Crippen molar-refractivity contribution in [1.29, 1.82) is 0 Å². The Labute approximate surface area is 157 Å². The number of ketones is 1. The third-order valence-corrected chi connectivity index (χ3v) is 8.69. The Morgan fingerprint density at radius 2 is 1.81 bits per heavy atom. The molecule has 4 saturated carbocycles. The molecule has 146 valence electrons. The van der Waals surface area contributed by atoms with Gasteiger partial charge in [0.05, 0.1) is 0 Å². The molecule has 1 N–H and O–H groups in total. The van der Waals surface area contributed by atoms with Gasteiger partial charge in [0.1, 0.15) is 12.7 Å². The standard InChI is InChI=1S/C22H34O4/c1-13(24)26-20-11-22(2)17(9-10-18(22)19(25)12-23)16-8-7-14-5-3-4-6-15(14)21(16)20/h14-18,20-21,23H,3-12H2,1-2H3. The highest BCUT2D eigenvalue weighted by Gasteiger charge is 2.61. The van der Waals surface area contributed by atoms with Crippen LogP contribution >= 0.6 is 0 Å². The van der Waals surface area contributed by atoms with Crippen LogP contribution in [-0.4, -0.2) is 29.6 Å². The second-order valence-electron chi connectivity index (χ2n) is 9.75. The minimum absolute atomic E-state index is 0.0126. The van der Waals surface area contributed by atoms with Crippen LogP contribution in [0.4, 0.5) is 0 Å². The highest BCUT2D eigenvalue weighted by Crippen LogP contribution is 2.64. The van der Waals surface area contributed by atoms with Crippen LogP contribution in [-0.2, 0) is 14.3 Å². The molecule has 0 aromatic heterocycles. The number of hydrogen-bond acceptors (Lipinski definition) is 4. The zero-order valence-electron chi connectivity index (χ0n) is 16.3. The van der Waals surface area contributed by atoms with Gasteiger partial charge in [0, 0.05) is 18.8 Å².